The first-order chi connectivity index (χ1) is 8.69. The summed E-state index contributed by atoms with van der Waals surface area (Å²) in [6.45, 7) is 0.0856. The molecule has 0 aliphatic carbocycles. The molecule has 0 spiro atoms. The molecule has 5 nitrogen and oxygen atoms in total. The van der Waals surface area contributed by atoms with Crippen LogP contribution in [0.25, 0.3) is 11.1 Å². The fraction of sp³-hybridized carbons (Fsp3) is 0.308. The van der Waals surface area contributed by atoms with Crippen molar-refractivity contribution in [1.29, 1.82) is 0 Å². The Hall–Kier alpha value is -1.85. The summed E-state index contributed by atoms with van der Waals surface area (Å²) in [5, 5.41) is 25.2. The Morgan fingerprint density at radius 1 is 1.39 bits per heavy atom. The maximum Gasteiger partial charge on any atom is 0.0942 e. The Morgan fingerprint density at radius 3 is 2.89 bits per heavy atom. The third-order valence-corrected chi connectivity index (χ3v) is 2.65. The van der Waals surface area contributed by atoms with Crippen LogP contribution in [0, 0.1) is 0 Å². The summed E-state index contributed by atoms with van der Waals surface area (Å²) in [4.78, 5) is 0. The van der Waals surface area contributed by atoms with Crippen LogP contribution in [0.1, 0.15) is 0 Å². The summed E-state index contributed by atoms with van der Waals surface area (Å²) in [5.74, 6) is 0. The average molecular weight is 247 g/mol. The largest absolute Gasteiger partial charge is 0.394 e. The molecule has 0 saturated heterocycles. The van der Waals surface area contributed by atoms with Crippen LogP contribution in [0.5, 0.6) is 0 Å². The number of anilines is 1. The molecule has 2 rings (SSSR count). The molecule has 0 radical (unpaired) electrons. The van der Waals surface area contributed by atoms with E-state index in [1.54, 1.807) is 4.68 Å². The number of nitrogens with one attached hydrogen (secondary N) is 1. The number of hydrogen-bond donors (Lipinski definition) is 3. The van der Waals surface area contributed by atoms with E-state index < -0.39 is 6.10 Å². The summed E-state index contributed by atoms with van der Waals surface area (Å²) in [5.41, 5.74) is 3.01. The number of hydrogen-bond acceptors (Lipinski definition) is 4. The van der Waals surface area contributed by atoms with Gasteiger partial charge in [-0.3, -0.25) is 4.68 Å². The van der Waals surface area contributed by atoms with E-state index in [1.807, 2.05) is 43.7 Å². The minimum Gasteiger partial charge on any atom is -0.394 e. The number of rotatable bonds is 5. The number of benzene rings is 1. The van der Waals surface area contributed by atoms with Crippen LogP contribution >= 0.6 is 0 Å². The molecule has 2 aromatic rings. The van der Waals surface area contributed by atoms with E-state index in [2.05, 4.69) is 10.4 Å². The maximum absolute atomic E-state index is 9.28. The highest BCUT2D eigenvalue weighted by atomic mass is 16.3. The Bertz CT molecular complexity index is 510. The summed E-state index contributed by atoms with van der Waals surface area (Å²) in [6, 6.07) is 7.85. The van der Waals surface area contributed by atoms with Gasteiger partial charge in [0.2, 0.25) is 0 Å². The lowest BCUT2D eigenvalue weighted by molar-refractivity contribution is 0.105. The fourth-order valence-electron chi connectivity index (χ4n) is 1.68. The van der Waals surface area contributed by atoms with E-state index in [4.69, 9.17) is 5.11 Å². The smallest absolute Gasteiger partial charge is 0.0942 e. The van der Waals surface area contributed by atoms with Crippen molar-refractivity contribution in [2.75, 3.05) is 18.5 Å². The van der Waals surface area contributed by atoms with Gasteiger partial charge < -0.3 is 15.5 Å². The molecule has 0 amide bonds. The highest BCUT2D eigenvalue weighted by Gasteiger charge is 2.03. The molecule has 96 valence electrons. The van der Waals surface area contributed by atoms with Gasteiger partial charge in [0, 0.05) is 31.0 Å². The van der Waals surface area contributed by atoms with Crippen LogP contribution in [0.4, 0.5) is 5.69 Å². The van der Waals surface area contributed by atoms with Crippen molar-refractivity contribution in [2.24, 2.45) is 7.05 Å². The second-order valence-electron chi connectivity index (χ2n) is 4.20. The van der Waals surface area contributed by atoms with E-state index in [-0.39, 0.29) is 6.61 Å². The Kier molecular flexibility index (Phi) is 3.96. The first-order valence-electron chi connectivity index (χ1n) is 5.81. The summed E-state index contributed by atoms with van der Waals surface area (Å²) in [7, 11) is 1.88. The maximum atomic E-state index is 9.28. The molecular formula is C13H17N3O2. The zero-order valence-corrected chi connectivity index (χ0v) is 10.2. The van der Waals surface area contributed by atoms with Gasteiger partial charge in [0.1, 0.15) is 0 Å². The standard InChI is InChI=1S/C13H17N3O2/c1-16-8-11(6-15-16)10-3-2-4-12(5-10)14-7-13(18)9-17/h2-6,8,13-14,17-18H,7,9H2,1H3. The monoisotopic (exact) mass is 247 g/mol. The molecule has 1 unspecified atom stereocenters. The van der Waals surface area contributed by atoms with Crippen molar-refractivity contribution in [2.45, 2.75) is 6.10 Å². The van der Waals surface area contributed by atoms with Gasteiger partial charge in [-0.2, -0.15) is 5.10 Å². The molecule has 18 heavy (non-hydrogen) atoms. The quantitative estimate of drug-likeness (QED) is 0.732. The van der Waals surface area contributed by atoms with Crippen LogP contribution in [-0.4, -0.2) is 39.2 Å². The summed E-state index contributed by atoms with van der Waals surface area (Å²) >= 11 is 0. The van der Waals surface area contributed by atoms with Crippen molar-refractivity contribution >= 4 is 5.69 Å². The minimum atomic E-state index is -0.743. The van der Waals surface area contributed by atoms with Gasteiger partial charge in [-0.15, -0.1) is 0 Å². The molecule has 5 heteroatoms. The molecule has 3 N–H and O–H groups in total. The number of aliphatic hydroxyl groups excluding tert-OH is 2. The molecule has 0 aliphatic heterocycles. The van der Waals surface area contributed by atoms with E-state index >= 15 is 0 Å². The van der Waals surface area contributed by atoms with Crippen LogP contribution < -0.4 is 5.32 Å². The number of aromatic nitrogens is 2. The van der Waals surface area contributed by atoms with E-state index in [0.29, 0.717) is 6.54 Å². The predicted octanol–water partition coefficient (Wildman–Crippen LogP) is 0.852. The normalized spacial score (nSPS) is 12.4. The summed E-state index contributed by atoms with van der Waals surface area (Å²) in [6.07, 6.45) is 3.01. The van der Waals surface area contributed by atoms with Gasteiger partial charge in [-0.1, -0.05) is 12.1 Å². The van der Waals surface area contributed by atoms with Gasteiger partial charge in [0.05, 0.1) is 18.9 Å². The van der Waals surface area contributed by atoms with Gasteiger partial charge in [-0.25, -0.2) is 0 Å². The number of aryl methyl sites for hydroxylation is 1. The molecule has 0 saturated carbocycles. The molecule has 1 heterocycles. The molecular weight excluding hydrogens is 230 g/mol. The van der Waals surface area contributed by atoms with Gasteiger partial charge in [0.25, 0.3) is 0 Å². The topological polar surface area (TPSA) is 70.3 Å². The minimum absolute atomic E-state index is 0.241. The van der Waals surface area contributed by atoms with Gasteiger partial charge in [0.15, 0.2) is 0 Å². The second-order valence-corrected chi connectivity index (χ2v) is 4.20. The van der Waals surface area contributed by atoms with Crippen molar-refractivity contribution in [3.8, 4) is 11.1 Å². The molecule has 1 atom stereocenters. The van der Waals surface area contributed by atoms with Crippen LogP contribution in [0.3, 0.4) is 0 Å². The first kappa shape index (κ1) is 12.6. The van der Waals surface area contributed by atoms with Gasteiger partial charge in [-0.05, 0) is 17.7 Å². The third kappa shape index (κ3) is 3.09. The summed E-state index contributed by atoms with van der Waals surface area (Å²) < 4.78 is 1.75. The van der Waals surface area contributed by atoms with Crippen molar-refractivity contribution in [1.82, 2.24) is 9.78 Å². The lowest BCUT2D eigenvalue weighted by atomic mass is 10.1. The Balaban J connectivity index is 2.10. The SMILES string of the molecule is Cn1cc(-c2cccc(NCC(O)CO)c2)cn1. The van der Waals surface area contributed by atoms with Crippen molar-refractivity contribution in [3.05, 3.63) is 36.7 Å². The molecule has 1 aromatic carbocycles. The Labute approximate surface area is 106 Å². The molecule has 0 aliphatic rings. The number of nitrogens with zero attached hydrogens (tertiary/aromatic N) is 2. The lowest BCUT2D eigenvalue weighted by Gasteiger charge is -2.10. The average Bonchev–Trinajstić information content (AvgIpc) is 2.83. The highest BCUT2D eigenvalue weighted by molar-refractivity contribution is 5.66. The van der Waals surface area contributed by atoms with E-state index in [9.17, 15) is 5.11 Å². The molecule has 0 fully saturated rings. The Morgan fingerprint density at radius 2 is 2.22 bits per heavy atom. The predicted molar refractivity (Wildman–Crippen MR) is 70.2 cm³/mol. The lowest BCUT2D eigenvalue weighted by Crippen LogP contribution is -2.22. The first-order valence-corrected chi connectivity index (χ1v) is 5.81. The second kappa shape index (κ2) is 5.66. The zero-order chi connectivity index (χ0) is 13.0. The molecule has 1 aromatic heterocycles. The van der Waals surface area contributed by atoms with Crippen LogP contribution in [0.15, 0.2) is 36.7 Å². The third-order valence-electron chi connectivity index (χ3n) is 2.65. The van der Waals surface area contributed by atoms with Crippen LogP contribution in [0.2, 0.25) is 0 Å². The van der Waals surface area contributed by atoms with E-state index in [0.717, 1.165) is 16.8 Å². The zero-order valence-electron chi connectivity index (χ0n) is 10.2. The van der Waals surface area contributed by atoms with Crippen LogP contribution in [-0.2, 0) is 7.05 Å². The van der Waals surface area contributed by atoms with Gasteiger partial charge >= 0.3 is 0 Å². The van der Waals surface area contributed by atoms with Crippen molar-refractivity contribution in [3.63, 3.8) is 0 Å². The van der Waals surface area contributed by atoms with Crippen molar-refractivity contribution < 1.29 is 10.2 Å². The fourth-order valence-corrected chi connectivity index (χ4v) is 1.68. The number of aliphatic hydroxyl groups is 2. The molecule has 0 bridgehead atoms. The highest BCUT2D eigenvalue weighted by Crippen LogP contribution is 2.21. The van der Waals surface area contributed by atoms with E-state index in [1.165, 1.54) is 0 Å².